The minimum atomic E-state index is 0.163. The quantitative estimate of drug-likeness (QED) is 0.837. The van der Waals surface area contributed by atoms with Crippen LogP contribution in [0.3, 0.4) is 0 Å². The summed E-state index contributed by atoms with van der Waals surface area (Å²) in [5.41, 5.74) is 2.04. The maximum atomic E-state index is 11.8. The summed E-state index contributed by atoms with van der Waals surface area (Å²) < 4.78 is 2.13. The van der Waals surface area contributed by atoms with Crippen LogP contribution in [0.15, 0.2) is 18.2 Å². The molecule has 7 heteroatoms. The lowest BCUT2D eigenvalue weighted by Gasteiger charge is -2.34. The average molecular weight is 350 g/mol. The summed E-state index contributed by atoms with van der Waals surface area (Å²) in [6.45, 7) is 5.05. The van der Waals surface area contributed by atoms with Crippen molar-refractivity contribution in [2.75, 3.05) is 46.8 Å². The first kappa shape index (κ1) is 17.2. The van der Waals surface area contributed by atoms with Gasteiger partial charge in [-0.25, -0.2) is 4.98 Å². The predicted molar refractivity (Wildman–Crippen MR) is 96.1 cm³/mol. The Labute approximate surface area is 147 Å². The molecule has 1 fully saturated rings. The molecule has 1 aromatic carbocycles. The van der Waals surface area contributed by atoms with Gasteiger partial charge in [0.05, 0.1) is 24.1 Å². The van der Waals surface area contributed by atoms with Crippen molar-refractivity contribution in [3.63, 3.8) is 0 Å². The fourth-order valence-electron chi connectivity index (χ4n) is 3.00. The van der Waals surface area contributed by atoms with E-state index < -0.39 is 0 Å². The maximum Gasteiger partial charge on any atom is 0.236 e. The van der Waals surface area contributed by atoms with E-state index in [0.29, 0.717) is 11.6 Å². The van der Waals surface area contributed by atoms with Gasteiger partial charge < -0.3 is 9.47 Å². The zero-order valence-electron chi connectivity index (χ0n) is 14.5. The van der Waals surface area contributed by atoms with Crippen molar-refractivity contribution in [1.29, 1.82) is 0 Å². The van der Waals surface area contributed by atoms with Crippen LogP contribution >= 0.6 is 11.6 Å². The number of hydrogen-bond acceptors (Lipinski definition) is 4. The second-order valence-corrected chi connectivity index (χ2v) is 7.00. The zero-order chi connectivity index (χ0) is 17.3. The van der Waals surface area contributed by atoms with Gasteiger partial charge in [0.2, 0.25) is 5.91 Å². The average Bonchev–Trinajstić information content (AvgIpc) is 2.84. The Bertz CT molecular complexity index is 734. The molecule has 0 aliphatic carbocycles. The lowest BCUT2D eigenvalue weighted by atomic mass is 10.3. The molecule has 0 saturated carbocycles. The van der Waals surface area contributed by atoms with Crippen LogP contribution in [0.5, 0.6) is 0 Å². The summed E-state index contributed by atoms with van der Waals surface area (Å²) in [5, 5.41) is 0.714. The van der Waals surface area contributed by atoms with Crippen LogP contribution < -0.4 is 0 Å². The van der Waals surface area contributed by atoms with Crippen molar-refractivity contribution in [3.05, 3.63) is 29.0 Å². The van der Waals surface area contributed by atoms with Crippen LogP contribution in [0.1, 0.15) is 5.82 Å². The minimum absolute atomic E-state index is 0.163. The van der Waals surface area contributed by atoms with Gasteiger partial charge in [-0.15, -0.1) is 0 Å². The first-order valence-corrected chi connectivity index (χ1v) is 8.57. The molecule has 1 saturated heterocycles. The number of likely N-dealkylation sites (N-methyl/N-ethyl adjacent to an activating group) is 1. The molecule has 0 atom stereocenters. The van der Waals surface area contributed by atoms with Gasteiger partial charge in [0.15, 0.2) is 0 Å². The third kappa shape index (κ3) is 3.71. The van der Waals surface area contributed by atoms with E-state index in [-0.39, 0.29) is 5.91 Å². The third-order valence-corrected chi connectivity index (χ3v) is 4.86. The van der Waals surface area contributed by atoms with Crippen LogP contribution in [0.25, 0.3) is 11.0 Å². The number of imidazole rings is 1. The van der Waals surface area contributed by atoms with Crippen LogP contribution in [0.4, 0.5) is 0 Å². The molecule has 1 amide bonds. The Balaban J connectivity index is 1.60. The molecule has 2 heterocycles. The van der Waals surface area contributed by atoms with Crippen LogP contribution in [0.2, 0.25) is 5.02 Å². The second kappa shape index (κ2) is 7.09. The van der Waals surface area contributed by atoms with E-state index in [1.165, 1.54) is 0 Å². The summed E-state index contributed by atoms with van der Waals surface area (Å²) in [7, 11) is 5.65. The van der Waals surface area contributed by atoms with E-state index in [0.717, 1.165) is 49.6 Å². The number of fused-ring (bicyclic) bond motifs is 1. The number of aryl methyl sites for hydroxylation is 1. The van der Waals surface area contributed by atoms with Gasteiger partial charge in [0, 0.05) is 52.3 Å². The van der Waals surface area contributed by atoms with Gasteiger partial charge in [0.25, 0.3) is 0 Å². The van der Waals surface area contributed by atoms with Gasteiger partial charge in [-0.2, -0.15) is 0 Å². The maximum absolute atomic E-state index is 11.8. The highest BCUT2D eigenvalue weighted by atomic mass is 35.5. The highest BCUT2D eigenvalue weighted by molar-refractivity contribution is 6.31. The van der Waals surface area contributed by atoms with Gasteiger partial charge in [-0.1, -0.05) is 11.6 Å². The molecule has 0 spiro atoms. The van der Waals surface area contributed by atoms with Gasteiger partial charge in [-0.05, 0) is 18.2 Å². The minimum Gasteiger partial charge on any atom is -0.348 e. The predicted octanol–water partition coefficient (Wildman–Crippen LogP) is 1.43. The summed E-state index contributed by atoms with van der Waals surface area (Å²) >= 11 is 6.06. The number of halogens is 1. The fraction of sp³-hybridized carbons (Fsp3) is 0.529. The van der Waals surface area contributed by atoms with Crippen LogP contribution in [-0.2, 0) is 18.4 Å². The van der Waals surface area contributed by atoms with Crippen molar-refractivity contribution in [1.82, 2.24) is 24.3 Å². The largest absolute Gasteiger partial charge is 0.348 e. The third-order valence-electron chi connectivity index (χ3n) is 4.62. The molecule has 6 nitrogen and oxygen atoms in total. The van der Waals surface area contributed by atoms with E-state index in [2.05, 4.69) is 14.4 Å². The van der Waals surface area contributed by atoms with Crippen molar-refractivity contribution in [2.24, 2.45) is 7.05 Å². The molecule has 3 rings (SSSR count). The molecule has 0 radical (unpaired) electrons. The van der Waals surface area contributed by atoms with E-state index in [4.69, 9.17) is 16.6 Å². The second-order valence-electron chi connectivity index (χ2n) is 6.56. The van der Waals surface area contributed by atoms with Crippen molar-refractivity contribution in [3.8, 4) is 0 Å². The molecule has 0 N–H and O–H groups in total. The van der Waals surface area contributed by atoms with Crippen molar-refractivity contribution < 1.29 is 4.79 Å². The molecule has 24 heavy (non-hydrogen) atoms. The molecule has 2 aromatic rings. The highest BCUT2D eigenvalue weighted by Crippen LogP contribution is 2.20. The van der Waals surface area contributed by atoms with Gasteiger partial charge >= 0.3 is 0 Å². The Kier molecular flexibility index (Phi) is 5.08. The molecule has 0 bridgehead atoms. The van der Waals surface area contributed by atoms with Gasteiger partial charge in [-0.3, -0.25) is 14.6 Å². The van der Waals surface area contributed by atoms with Crippen LogP contribution in [-0.4, -0.2) is 77.0 Å². The molecule has 1 aliphatic rings. The summed E-state index contributed by atoms with van der Waals surface area (Å²) in [6.07, 6.45) is 0. The SMILES string of the molecule is CN(C)C(=O)CN1CCN(Cc2nc3cc(Cl)ccc3n2C)CC1. The van der Waals surface area contributed by atoms with Crippen molar-refractivity contribution in [2.45, 2.75) is 6.54 Å². The molecule has 130 valence electrons. The zero-order valence-corrected chi connectivity index (χ0v) is 15.3. The van der Waals surface area contributed by atoms with Gasteiger partial charge in [0.1, 0.15) is 5.82 Å². The molecule has 1 aromatic heterocycles. The number of nitrogens with zero attached hydrogens (tertiary/aromatic N) is 5. The number of hydrogen-bond donors (Lipinski definition) is 0. The highest BCUT2D eigenvalue weighted by Gasteiger charge is 2.21. The molecule has 0 unspecified atom stereocenters. The van der Waals surface area contributed by atoms with E-state index in [1.807, 2.05) is 25.2 Å². The number of piperazine rings is 1. The number of rotatable bonds is 4. The first-order valence-electron chi connectivity index (χ1n) is 8.20. The van der Waals surface area contributed by atoms with E-state index in [9.17, 15) is 4.79 Å². The topological polar surface area (TPSA) is 44.6 Å². The Morgan fingerprint density at radius 2 is 1.88 bits per heavy atom. The fourth-order valence-corrected chi connectivity index (χ4v) is 3.17. The van der Waals surface area contributed by atoms with Crippen LogP contribution in [0, 0.1) is 0 Å². The number of amides is 1. The number of carbonyl (C=O) groups is 1. The molecule has 1 aliphatic heterocycles. The first-order chi connectivity index (χ1) is 11.4. The lowest BCUT2D eigenvalue weighted by Crippen LogP contribution is -2.49. The number of aromatic nitrogens is 2. The lowest BCUT2D eigenvalue weighted by molar-refractivity contribution is -0.130. The monoisotopic (exact) mass is 349 g/mol. The standard InChI is InChI=1S/C17H24ClN5O/c1-20(2)17(24)12-23-8-6-22(7-9-23)11-16-19-14-10-13(18)4-5-15(14)21(16)3/h4-5,10H,6-9,11-12H2,1-3H3. The summed E-state index contributed by atoms with van der Waals surface area (Å²) in [6, 6.07) is 5.82. The molecular weight excluding hydrogens is 326 g/mol. The van der Waals surface area contributed by atoms with Crippen molar-refractivity contribution >= 4 is 28.5 Å². The van der Waals surface area contributed by atoms with E-state index >= 15 is 0 Å². The Hall–Kier alpha value is -1.63. The van der Waals surface area contributed by atoms with E-state index in [1.54, 1.807) is 19.0 Å². The normalized spacial score (nSPS) is 16.7. The summed E-state index contributed by atoms with van der Waals surface area (Å²) in [4.78, 5) is 22.8. The smallest absolute Gasteiger partial charge is 0.236 e. The molecular formula is C17H24ClN5O. The summed E-state index contributed by atoms with van der Waals surface area (Å²) in [5.74, 6) is 1.21. The Morgan fingerprint density at radius 3 is 2.54 bits per heavy atom. The number of benzene rings is 1. The number of carbonyl (C=O) groups excluding carboxylic acids is 1. The Morgan fingerprint density at radius 1 is 1.21 bits per heavy atom.